The van der Waals surface area contributed by atoms with E-state index in [-0.39, 0.29) is 0 Å². The number of rotatable bonds is 4. The largest absolute Gasteiger partial charge is 0.466 e. The molecule has 76 valence electrons. The number of carbonyl (C=O) groups excluding carboxylic acids is 2. The summed E-state index contributed by atoms with van der Waals surface area (Å²) in [6.45, 7) is 0. The van der Waals surface area contributed by atoms with Crippen molar-refractivity contribution in [2.24, 2.45) is 0 Å². The van der Waals surface area contributed by atoms with E-state index in [2.05, 4.69) is 34.7 Å². The minimum absolute atomic E-state index is 0.703. The molecule has 0 heterocycles. The Morgan fingerprint density at radius 1 is 1.00 bits per heavy atom. The molecular weight excluding hydrogens is 216 g/mol. The SMILES string of the molecule is COC(=O)C(S)OC(S)C(=O)OC. The highest BCUT2D eigenvalue weighted by molar-refractivity contribution is 7.82. The normalized spacial score (nSPS) is 14.5. The molecule has 5 nitrogen and oxygen atoms in total. The van der Waals surface area contributed by atoms with E-state index in [1.807, 2.05) is 0 Å². The van der Waals surface area contributed by atoms with Gasteiger partial charge in [-0.25, -0.2) is 9.59 Å². The van der Waals surface area contributed by atoms with Gasteiger partial charge >= 0.3 is 11.9 Å². The Morgan fingerprint density at radius 3 is 1.54 bits per heavy atom. The Hall–Kier alpha value is -0.400. The Morgan fingerprint density at radius 2 is 1.31 bits per heavy atom. The van der Waals surface area contributed by atoms with E-state index in [0.717, 1.165) is 0 Å². The second-order valence-electron chi connectivity index (χ2n) is 1.89. The van der Waals surface area contributed by atoms with Gasteiger partial charge in [0.15, 0.2) is 10.9 Å². The van der Waals surface area contributed by atoms with Gasteiger partial charge < -0.3 is 14.2 Å². The molecule has 2 unspecified atom stereocenters. The molecule has 0 aliphatic rings. The second kappa shape index (κ2) is 6.11. The third-order valence-corrected chi connectivity index (χ3v) is 1.73. The molecule has 0 aromatic heterocycles. The fourth-order valence-corrected chi connectivity index (χ4v) is 0.985. The van der Waals surface area contributed by atoms with E-state index in [1.54, 1.807) is 0 Å². The Bertz CT molecular complexity index is 175. The van der Waals surface area contributed by atoms with Crippen molar-refractivity contribution in [3.8, 4) is 0 Å². The summed E-state index contributed by atoms with van der Waals surface area (Å²) in [5.74, 6) is -1.41. The van der Waals surface area contributed by atoms with E-state index in [4.69, 9.17) is 4.74 Å². The Kier molecular flexibility index (Phi) is 5.93. The lowest BCUT2D eigenvalue weighted by atomic mass is 10.6. The lowest BCUT2D eigenvalue weighted by Crippen LogP contribution is -2.28. The van der Waals surface area contributed by atoms with Crippen molar-refractivity contribution in [2.45, 2.75) is 10.9 Å². The molecule has 0 N–H and O–H groups in total. The minimum atomic E-state index is -1.15. The number of hydrogen-bond donors (Lipinski definition) is 2. The Balaban J connectivity index is 3.98. The third kappa shape index (κ3) is 4.39. The van der Waals surface area contributed by atoms with Gasteiger partial charge in [-0.05, 0) is 0 Å². The zero-order valence-electron chi connectivity index (χ0n) is 7.09. The first-order valence-corrected chi connectivity index (χ1v) is 4.23. The number of carbonyl (C=O) groups is 2. The zero-order chi connectivity index (χ0) is 10.4. The molecule has 0 radical (unpaired) electrons. The maximum Gasteiger partial charge on any atom is 0.345 e. The fourth-order valence-electron chi connectivity index (χ4n) is 0.435. The lowest BCUT2D eigenvalue weighted by Gasteiger charge is -2.13. The van der Waals surface area contributed by atoms with Gasteiger partial charge in [0, 0.05) is 0 Å². The second-order valence-corrected chi connectivity index (χ2v) is 2.83. The van der Waals surface area contributed by atoms with E-state index < -0.39 is 22.8 Å². The highest BCUT2D eigenvalue weighted by Crippen LogP contribution is 2.08. The first kappa shape index (κ1) is 12.6. The van der Waals surface area contributed by atoms with Crippen LogP contribution in [0.5, 0.6) is 0 Å². The van der Waals surface area contributed by atoms with Gasteiger partial charge in [-0.3, -0.25) is 0 Å². The van der Waals surface area contributed by atoms with Crippen LogP contribution in [0.4, 0.5) is 0 Å². The molecule has 0 saturated carbocycles. The summed E-state index contributed by atoms with van der Waals surface area (Å²) in [6.07, 6.45) is 0. The lowest BCUT2D eigenvalue weighted by molar-refractivity contribution is -0.156. The molecule has 0 aromatic carbocycles. The van der Waals surface area contributed by atoms with Crippen molar-refractivity contribution >= 4 is 37.2 Å². The van der Waals surface area contributed by atoms with Gasteiger partial charge in [0.2, 0.25) is 0 Å². The molecule has 2 atom stereocenters. The third-order valence-electron chi connectivity index (χ3n) is 1.06. The van der Waals surface area contributed by atoms with Crippen LogP contribution in [0.1, 0.15) is 0 Å². The molecule has 0 spiro atoms. The van der Waals surface area contributed by atoms with Crippen LogP contribution in [0.2, 0.25) is 0 Å². The van der Waals surface area contributed by atoms with Crippen LogP contribution in [-0.2, 0) is 23.8 Å². The van der Waals surface area contributed by atoms with Crippen LogP contribution in [0.3, 0.4) is 0 Å². The molecule has 13 heavy (non-hydrogen) atoms. The Labute approximate surface area is 86.5 Å². The molecule has 0 aliphatic carbocycles. The predicted octanol–water partition coefficient (Wildman–Crippen LogP) is -0.139. The van der Waals surface area contributed by atoms with E-state index in [1.165, 1.54) is 14.2 Å². The summed E-state index contributed by atoms with van der Waals surface area (Å²) < 4.78 is 13.3. The van der Waals surface area contributed by atoms with Gasteiger partial charge in [-0.15, -0.1) is 25.3 Å². The van der Waals surface area contributed by atoms with Crippen LogP contribution in [-0.4, -0.2) is 37.0 Å². The van der Waals surface area contributed by atoms with Crippen molar-refractivity contribution in [3.05, 3.63) is 0 Å². The molecular formula is C6H10O5S2. The van der Waals surface area contributed by atoms with Gasteiger partial charge in [-0.1, -0.05) is 0 Å². The van der Waals surface area contributed by atoms with Crippen LogP contribution in [0.15, 0.2) is 0 Å². The number of ether oxygens (including phenoxy) is 3. The maximum absolute atomic E-state index is 10.7. The monoisotopic (exact) mass is 226 g/mol. The minimum Gasteiger partial charge on any atom is -0.466 e. The van der Waals surface area contributed by atoms with Crippen LogP contribution in [0.25, 0.3) is 0 Å². The van der Waals surface area contributed by atoms with Crippen LogP contribution >= 0.6 is 25.3 Å². The number of esters is 2. The molecule has 0 bridgehead atoms. The van der Waals surface area contributed by atoms with Gasteiger partial charge in [-0.2, -0.15) is 0 Å². The standard InChI is InChI=1S/C6H10O5S2/c1-9-3(7)5(12)11-6(13)4(8)10-2/h5-6,12-13H,1-2H3. The van der Waals surface area contributed by atoms with Crippen LogP contribution in [0, 0.1) is 0 Å². The zero-order valence-corrected chi connectivity index (χ0v) is 8.88. The topological polar surface area (TPSA) is 61.8 Å². The molecule has 0 rings (SSSR count). The summed E-state index contributed by atoms with van der Waals surface area (Å²) in [6, 6.07) is 0. The summed E-state index contributed by atoms with van der Waals surface area (Å²) in [4.78, 5) is 21.5. The number of thiol groups is 2. The van der Waals surface area contributed by atoms with Crippen molar-refractivity contribution < 1.29 is 23.8 Å². The number of hydrogen-bond acceptors (Lipinski definition) is 7. The first-order valence-electron chi connectivity index (χ1n) is 3.20. The highest BCUT2D eigenvalue weighted by Gasteiger charge is 2.23. The molecule has 0 amide bonds. The summed E-state index contributed by atoms with van der Waals surface area (Å²) in [5.41, 5.74) is -2.29. The average molecular weight is 226 g/mol. The van der Waals surface area contributed by atoms with Gasteiger partial charge in [0.25, 0.3) is 0 Å². The van der Waals surface area contributed by atoms with Crippen molar-refractivity contribution in [1.82, 2.24) is 0 Å². The summed E-state index contributed by atoms with van der Waals surface area (Å²) in [5, 5.41) is 0. The first-order chi connectivity index (χ1) is 6.02. The van der Waals surface area contributed by atoms with Crippen LogP contribution < -0.4 is 0 Å². The maximum atomic E-state index is 10.7. The van der Waals surface area contributed by atoms with Gasteiger partial charge in [0.1, 0.15) is 0 Å². The smallest absolute Gasteiger partial charge is 0.345 e. The van der Waals surface area contributed by atoms with Crippen molar-refractivity contribution in [3.63, 3.8) is 0 Å². The van der Waals surface area contributed by atoms with Crippen molar-refractivity contribution in [1.29, 1.82) is 0 Å². The van der Waals surface area contributed by atoms with Gasteiger partial charge in [0.05, 0.1) is 14.2 Å². The quantitative estimate of drug-likeness (QED) is 0.397. The van der Waals surface area contributed by atoms with E-state index >= 15 is 0 Å². The molecule has 7 heteroatoms. The molecule has 0 aromatic rings. The fraction of sp³-hybridized carbons (Fsp3) is 0.667. The predicted molar refractivity (Wildman–Crippen MR) is 50.7 cm³/mol. The molecule has 0 fully saturated rings. The van der Waals surface area contributed by atoms with E-state index in [0.29, 0.717) is 0 Å². The highest BCUT2D eigenvalue weighted by atomic mass is 32.1. The summed E-state index contributed by atoms with van der Waals surface area (Å²) in [7, 11) is 2.36. The van der Waals surface area contributed by atoms with E-state index in [9.17, 15) is 9.59 Å². The average Bonchev–Trinajstić information content (AvgIpc) is 2.14. The number of methoxy groups -OCH3 is 2. The molecule has 0 saturated heterocycles. The summed E-state index contributed by atoms with van der Waals surface area (Å²) >= 11 is 7.45. The molecule has 0 aliphatic heterocycles. The van der Waals surface area contributed by atoms with Crippen molar-refractivity contribution in [2.75, 3.05) is 14.2 Å².